The zero-order chi connectivity index (χ0) is 18.1. The van der Waals surface area contributed by atoms with Crippen molar-refractivity contribution in [3.63, 3.8) is 0 Å². The maximum atomic E-state index is 4.70. The topological polar surface area (TPSA) is 29.9 Å². The van der Waals surface area contributed by atoms with Crippen LogP contribution in [0.5, 0.6) is 0 Å². The van der Waals surface area contributed by atoms with Crippen molar-refractivity contribution in [2.24, 2.45) is 0 Å². The fraction of sp³-hybridized carbons (Fsp3) is 0.227. The van der Waals surface area contributed by atoms with E-state index >= 15 is 0 Å². The maximum absolute atomic E-state index is 4.70. The summed E-state index contributed by atoms with van der Waals surface area (Å²) in [5.41, 5.74) is 3.56. The number of hydrogen-bond donors (Lipinski definition) is 1. The SMILES string of the molecule is Cc1ccc(CN[C@H](C)c2cnn(-c3cccc4ccccc34)c2C)s1. The molecule has 0 aliphatic rings. The molecule has 0 spiro atoms. The monoisotopic (exact) mass is 361 g/mol. The minimum absolute atomic E-state index is 0.251. The summed E-state index contributed by atoms with van der Waals surface area (Å²) >= 11 is 1.85. The second kappa shape index (κ2) is 7.06. The molecule has 0 aliphatic heterocycles. The Morgan fingerprint density at radius 3 is 2.65 bits per heavy atom. The van der Waals surface area contributed by atoms with Crippen molar-refractivity contribution in [1.29, 1.82) is 0 Å². The lowest BCUT2D eigenvalue weighted by atomic mass is 10.1. The van der Waals surface area contributed by atoms with Gasteiger partial charge in [0.1, 0.15) is 0 Å². The van der Waals surface area contributed by atoms with E-state index in [1.807, 2.05) is 17.5 Å². The molecule has 0 fully saturated rings. The summed E-state index contributed by atoms with van der Waals surface area (Å²) < 4.78 is 2.06. The van der Waals surface area contributed by atoms with Crippen molar-refractivity contribution in [3.8, 4) is 5.69 Å². The number of benzene rings is 2. The highest BCUT2D eigenvalue weighted by Crippen LogP contribution is 2.26. The third-order valence-electron chi connectivity index (χ3n) is 4.89. The first-order valence-electron chi connectivity index (χ1n) is 8.95. The number of aryl methyl sites for hydroxylation is 1. The van der Waals surface area contributed by atoms with Gasteiger partial charge in [-0.05, 0) is 44.4 Å². The fourth-order valence-corrected chi connectivity index (χ4v) is 4.27. The highest BCUT2D eigenvalue weighted by molar-refractivity contribution is 7.11. The van der Waals surface area contributed by atoms with Gasteiger partial charge in [-0.25, -0.2) is 4.68 Å². The smallest absolute Gasteiger partial charge is 0.0727 e. The van der Waals surface area contributed by atoms with Crippen molar-refractivity contribution >= 4 is 22.1 Å². The molecule has 1 atom stereocenters. The van der Waals surface area contributed by atoms with E-state index in [0.29, 0.717) is 0 Å². The second-order valence-corrected chi connectivity index (χ2v) is 8.08. The molecule has 0 unspecified atom stereocenters. The molecule has 0 saturated carbocycles. The summed E-state index contributed by atoms with van der Waals surface area (Å²) in [5, 5.41) is 10.8. The second-order valence-electron chi connectivity index (χ2n) is 6.71. The third kappa shape index (κ3) is 3.18. The quantitative estimate of drug-likeness (QED) is 0.505. The molecule has 2 heterocycles. The standard InChI is InChI=1S/C22H23N3S/c1-15-11-12-19(26-15)13-23-16(2)21-14-24-25(17(21)3)22-10-6-8-18-7-4-5-9-20(18)22/h4-12,14,16,23H,13H2,1-3H3/t16-/m1/s1. The Labute approximate surface area is 158 Å². The Balaban J connectivity index is 1.61. The number of nitrogens with one attached hydrogen (secondary N) is 1. The van der Waals surface area contributed by atoms with Crippen LogP contribution < -0.4 is 5.32 Å². The van der Waals surface area contributed by atoms with Crippen LogP contribution in [0.25, 0.3) is 16.5 Å². The first-order valence-corrected chi connectivity index (χ1v) is 9.76. The van der Waals surface area contributed by atoms with E-state index in [1.54, 1.807) is 0 Å². The molecule has 2 aromatic carbocycles. The molecule has 4 rings (SSSR count). The Hall–Kier alpha value is -2.43. The molecule has 0 bridgehead atoms. The van der Waals surface area contributed by atoms with Crippen molar-refractivity contribution in [3.05, 3.63) is 81.8 Å². The van der Waals surface area contributed by atoms with Crippen LogP contribution >= 0.6 is 11.3 Å². The normalized spacial score (nSPS) is 12.6. The average molecular weight is 362 g/mol. The van der Waals surface area contributed by atoms with Crippen LogP contribution in [0.4, 0.5) is 0 Å². The maximum Gasteiger partial charge on any atom is 0.0727 e. The highest BCUT2D eigenvalue weighted by atomic mass is 32.1. The van der Waals surface area contributed by atoms with Gasteiger partial charge in [-0.3, -0.25) is 0 Å². The zero-order valence-corrected chi connectivity index (χ0v) is 16.2. The summed E-state index contributed by atoms with van der Waals surface area (Å²) in [6.45, 7) is 7.39. The first kappa shape index (κ1) is 17.0. The highest BCUT2D eigenvalue weighted by Gasteiger charge is 2.15. The largest absolute Gasteiger partial charge is 0.305 e. The minimum Gasteiger partial charge on any atom is -0.305 e. The molecule has 0 saturated heterocycles. The molecule has 2 aromatic heterocycles. The van der Waals surface area contributed by atoms with Crippen molar-refractivity contribution in [1.82, 2.24) is 15.1 Å². The number of nitrogens with zero attached hydrogens (tertiary/aromatic N) is 2. The van der Waals surface area contributed by atoms with Crippen LogP contribution in [0, 0.1) is 13.8 Å². The lowest BCUT2D eigenvalue weighted by Gasteiger charge is -2.14. The molecular weight excluding hydrogens is 338 g/mol. The van der Waals surface area contributed by atoms with Crippen LogP contribution in [0.1, 0.15) is 34.0 Å². The van der Waals surface area contributed by atoms with E-state index in [0.717, 1.165) is 12.2 Å². The van der Waals surface area contributed by atoms with Gasteiger partial charge < -0.3 is 5.32 Å². The van der Waals surface area contributed by atoms with Gasteiger partial charge in [0.05, 0.1) is 11.9 Å². The van der Waals surface area contributed by atoms with E-state index in [-0.39, 0.29) is 6.04 Å². The summed E-state index contributed by atoms with van der Waals surface area (Å²) in [6, 6.07) is 19.5. The molecule has 3 nitrogen and oxygen atoms in total. The van der Waals surface area contributed by atoms with Gasteiger partial charge in [-0.1, -0.05) is 36.4 Å². The van der Waals surface area contributed by atoms with Gasteiger partial charge in [-0.15, -0.1) is 11.3 Å². The third-order valence-corrected chi connectivity index (χ3v) is 5.89. The number of thiophene rings is 1. The predicted molar refractivity (Wildman–Crippen MR) is 110 cm³/mol. The van der Waals surface area contributed by atoms with Crippen LogP contribution in [-0.4, -0.2) is 9.78 Å². The summed E-state index contributed by atoms with van der Waals surface area (Å²) in [4.78, 5) is 2.72. The number of hydrogen-bond acceptors (Lipinski definition) is 3. The molecule has 0 radical (unpaired) electrons. The van der Waals surface area contributed by atoms with Gasteiger partial charge in [0.2, 0.25) is 0 Å². The van der Waals surface area contributed by atoms with E-state index in [4.69, 9.17) is 5.10 Å². The molecule has 1 N–H and O–H groups in total. The van der Waals surface area contributed by atoms with Crippen molar-refractivity contribution < 1.29 is 0 Å². The van der Waals surface area contributed by atoms with Gasteiger partial charge in [0, 0.05) is 39.0 Å². The molecule has 4 aromatic rings. The number of aromatic nitrogens is 2. The average Bonchev–Trinajstić information content (AvgIpc) is 3.25. The van der Waals surface area contributed by atoms with Crippen LogP contribution in [0.2, 0.25) is 0 Å². The minimum atomic E-state index is 0.251. The molecule has 0 aliphatic carbocycles. The number of fused-ring (bicyclic) bond motifs is 1. The molecule has 26 heavy (non-hydrogen) atoms. The zero-order valence-electron chi connectivity index (χ0n) is 15.4. The Morgan fingerprint density at radius 1 is 1.04 bits per heavy atom. The molecule has 132 valence electrons. The Kier molecular flexibility index (Phi) is 4.62. The van der Waals surface area contributed by atoms with Crippen LogP contribution in [-0.2, 0) is 6.54 Å². The van der Waals surface area contributed by atoms with Crippen molar-refractivity contribution in [2.75, 3.05) is 0 Å². The van der Waals surface area contributed by atoms with E-state index < -0.39 is 0 Å². The van der Waals surface area contributed by atoms with Gasteiger partial charge >= 0.3 is 0 Å². The summed E-state index contributed by atoms with van der Waals surface area (Å²) in [5.74, 6) is 0. The summed E-state index contributed by atoms with van der Waals surface area (Å²) in [6.07, 6.45) is 1.99. The fourth-order valence-electron chi connectivity index (χ4n) is 3.43. The van der Waals surface area contributed by atoms with Crippen LogP contribution in [0.3, 0.4) is 0 Å². The lowest BCUT2D eigenvalue weighted by Crippen LogP contribution is -2.18. The molecular formula is C22H23N3S. The number of rotatable bonds is 5. The van der Waals surface area contributed by atoms with E-state index in [2.05, 4.69) is 85.4 Å². The van der Waals surface area contributed by atoms with Gasteiger partial charge in [-0.2, -0.15) is 5.10 Å². The Bertz CT molecular complexity index is 1040. The molecule has 4 heteroatoms. The van der Waals surface area contributed by atoms with Gasteiger partial charge in [0.15, 0.2) is 0 Å². The van der Waals surface area contributed by atoms with Gasteiger partial charge in [0.25, 0.3) is 0 Å². The lowest BCUT2D eigenvalue weighted by molar-refractivity contribution is 0.576. The van der Waals surface area contributed by atoms with E-state index in [9.17, 15) is 0 Å². The van der Waals surface area contributed by atoms with E-state index in [1.165, 1.54) is 31.8 Å². The predicted octanol–water partition coefficient (Wildman–Crippen LogP) is 5.55. The van der Waals surface area contributed by atoms with Crippen LogP contribution in [0.15, 0.2) is 60.8 Å². The molecule has 0 amide bonds. The van der Waals surface area contributed by atoms with Crippen molar-refractivity contribution in [2.45, 2.75) is 33.4 Å². The Morgan fingerprint density at radius 2 is 1.85 bits per heavy atom. The summed E-state index contributed by atoms with van der Waals surface area (Å²) in [7, 11) is 0. The first-order chi connectivity index (χ1) is 12.6.